The summed E-state index contributed by atoms with van der Waals surface area (Å²) in [5.41, 5.74) is 10.5. The standard InChI is InChI=1S/C28H32N6O4/c1-18-24(33-26(35)19-3-6-25(32-15-19)30-9-12-37-2)14-20(16-31-18)27(36)34-10-7-28(8-11-34)23-5-4-22(29)13-21(23)17-38-28/h3-6,13-16H,7-12,17,29H2,1-2H3,(H,30,32)(H,33,35). The maximum Gasteiger partial charge on any atom is 0.257 e. The lowest BCUT2D eigenvalue weighted by Gasteiger charge is -2.39. The summed E-state index contributed by atoms with van der Waals surface area (Å²) in [5, 5.41) is 5.98. The summed E-state index contributed by atoms with van der Waals surface area (Å²) in [6.45, 7) is 4.64. The summed E-state index contributed by atoms with van der Waals surface area (Å²) in [5.74, 6) is 0.211. The molecule has 2 aliphatic heterocycles. The number of methoxy groups -OCH3 is 1. The van der Waals surface area contributed by atoms with Crippen LogP contribution in [0.4, 0.5) is 17.2 Å². The highest BCUT2D eigenvalue weighted by atomic mass is 16.5. The van der Waals surface area contributed by atoms with E-state index in [9.17, 15) is 9.59 Å². The molecular weight excluding hydrogens is 484 g/mol. The number of hydrogen-bond acceptors (Lipinski definition) is 8. The van der Waals surface area contributed by atoms with Gasteiger partial charge in [-0.05, 0) is 61.2 Å². The number of amides is 2. The number of hydrogen-bond donors (Lipinski definition) is 3. The Morgan fingerprint density at radius 1 is 1.11 bits per heavy atom. The van der Waals surface area contributed by atoms with Gasteiger partial charge in [-0.3, -0.25) is 14.6 Å². The second-order valence-electron chi connectivity index (χ2n) is 9.65. The summed E-state index contributed by atoms with van der Waals surface area (Å²) >= 11 is 0. The molecule has 0 unspecified atom stereocenters. The van der Waals surface area contributed by atoms with Crippen LogP contribution in [0.5, 0.6) is 0 Å². The van der Waals surface area contributed by atoms with Crippen LogP contribution in [-0.2, 0) is 21.7 Å². The minimum Gasteiger partial charge on any atom is -0.399 e. The van der Waals surface area contributed by atoms with Gasteiger partial charge in [-0.1, -0.05) is 6.07 Å². The number of rotatable bonds is 7. The topological polar surface area (TPSA) is 132 Å². The number of aromatic nitrogens is 2. The third kappa shape index (κ3) is 5.18. The second kappa shape index (κ2) is 10.8. The molecule has 1 spiro atoms. The number of carbonyl (C=O) groups excluding carboxylic acids is 2. The number of benzene rings is 1. The number of piperidine rings is 1. The lowest BCUT2D eigenvalue weighted by Crippen LogP contribution is -2.45. The quantitative estimate of drug-likeness (QED) is 0.322. The van der Waals surface area contributed by atoms with Crippen LogP contribution in [0, 0.1) is 6.92 Å². The van der Waals surface area contributed by atoms with Gasteiger partial charge in [0, 0.05) is 44.8 Å². The van der Waals surface area contributed by atoms with Crippen LogP contribution in [0.25, 0.3) is 0 Å². The average molecular weight is 517 g/mol. The van der Waals surface area contributed by atoms with Crippen molar-refractivity contribution in [2.75, 3.05) is 49.7 Å². The van der Waals surface area contributed by atoms with Crippen LogP contribution in [-0.4, -0.2) is 60.0 Å². The van der Waals surface area contributed by atoms with Crippen molar-refractivity contribution < 1.29 is 19.1 Å². The number of nitrogens with two attached hydrogens (primary N) is 1. The number of nitrogens with one attached hydrogen (secondary N) is 2. The fourth-order valence-electron chi connectivity index (χ4n) is 5.02. The fraction of sp³-hybridized carbons (Fsp3) is 0.357. The van der Waals surface area contributed by atoms with Crippen LogP contribution in [0.15, 0.2) is 48.8 Å². The number of carbonyl (C=O) groups is 2. The van der Waals surface area contributed by atoms with E-state index in [1.54, 1.807) is 38.4 Å². The molecule has 2 aliphatic rings. The molecule has 5 rings (SSSR count). The zero-order valence-electron chi connectivity index (χ0n) is 21.6. The second-order valence-corrected chi connectivity index (χ2v) is 9.65. The Hall–Kier alpha value is -4.02. The minimum atomic E-state index is -0.368. The number of likely N-dealkylation sites (tertiary alicyclic amines) is 1. The molecule has 1 aromatic carbocycles. The van der Waals surface area contributed by atoms with Crippen LogP contribution in [0.2, 0.25) is 0 Å². The van der Waals surface area contributed by atoms with E-state index in [4.69, 9.17) is 15.2 Å². The molecule has 1 fully saturated rings. The number of pyridine rings is 2. The van der Waals surface area contributed by atoms with Gasteiger partial charge in [0.05, 0.1) is 41.3 Å². The summed E-state index contributed by atoms with van der Waals surface area (Å²) in [7, 11) is 1.63. The highest BCUT2D eigenvalue weighted by Crippen LogP contribution is 2.44. The Balaban J connectivity index is 1.23. The van der Waals surface area contributed by atoms with Gasteiger partial charge in [-0.2, -0.15) is 0 Å². The van der Waals surface area contributed by atoms with Gasteiger partial charge in [0.1, 0.15) is 5.82 Å². The van der Waals surface area contributed by atoms with Crippen molar-refractivity contribution in [3.05, 3.63) is 76.7 Å². The van der Waals surface area contributed by atoms with E-state index in [1.165, 1.54) is 11.8 Å². The molecule has 198 valence electrons. The van der Waals surface area contributed by atoms with Crippen molar-refractivity contribution in [2.45, 2.75) is 32.0 Å². The zero-order chi connectivity index (χ0) is 26.7. The number of nitrogen functional groups attached to an aromatic ring is 1. The lowest BCUT2D eigenvalue weighted by molar-refractivity contribution is -0.0741. The molecule has 10 heteroatoms. The van der Waals surface area contributed by atoms with Gasteiger partial charge in [-0.25, -0.2) is 4.98 Å². The smallest absolute Gasteiger partial charge is 0.257 e. The van der Waals surface area contributed by atoms with E-state index in [1.807, 2.05) is 17.0 Å². The van der Waals surface area contributed by atoms with Gasteiger partial charge in [-0.15, -0.1) is 0 Å². The molecule has 0 saturated carbocycles. The fourth-order valence-corrected chi connectivity index (χ4v) is 5.02. The Morgan fingerprint density at radius 3 is 2.63 bits per heavy atom. The average Bonchev–Trinajstić information content (AvgIpc) is 3.27. The lowest BCUT2D eigenvalue weighted by atomic mass is 9.83. The van der Waals surface area contributed by atoms with Gasteiger partial charge in [0.15, 0.2) is 0 Å². The maximum absolute atomic E-state index is 13.3. The zero-order valence-corrected chi connectivity index (χ0v) is 21.6. The van der Waals surface area contributed by atoms with Crippen LogP contribution < -0.4 is 16.4 Å². The van der Waals surface area contributed by atoms with E-state index in [2.05, 4.69) is 26.7 Å². The molecule has 0 aliphatic carbocycles. The summed E-state index contributed by atoms with van der Waals surface area (Å²) in [4.78, 5) is 36.7. The van der Waals surface area contributed by atoms with Crippen molar-refractivity contribution >= 4 is 29.0 Å². The third-order valence-corrected chi connectivity index (χ3v) is 7.20. The van der Waals surface area contributed by atoms with Crippen molar-refractivity contribution in [3.63, 3.8) is 0 Å². The Morgan fingerprint density at radius 2 is 1.89 bits per heavy atom. The normalized spacial score (nSPS) is 15.8. The molecule has 10 nitrogen and oxygen atoms in total. The first kappa shape index (κ1) is 25.6. The number of aryl methyl sites for hydroxylation is 1. The van der Waals surface area contributed by atoms with Crippen molar-refractivity contribution in [3.8, 4) is 0 Å². The number of nitrogens with zero attached hydrogens (tertiary/aromatic N) is 3. The molecule has 3 aromatic rings. The van der Waals surface area contributed by atoms with Gasteiger partial charge >= 0.3 is 0 Å². The molecule has 4 N–H and O–H groups in total. The largest absolute Gasteiger partial charge is 0.399 e. The van der Waals surface area contributed by atoms with E-state index in [0.717, 1.165) is 11.3 Å². The first-order chi connectivity index (χ1) is 18.4. The molecular formula is C28H32N6O4. The van der Waals surface area contributed by atoms with Crippen LogP contribution in [0.1, 0.15) is 50.4 Å². The van der Waals surface area contributed by atoms with Gasteiger partial charge in [0.25, 0.3) is 11.8 Å². The van der Waals surface area contributed by atoms with Crippen molar-refractivity contribution in [1.82, 2.24) is 14.9 Å². The molecule has 1 saturated heterocycles. The van der Waals surface area contributed by atoms with E-state index >= 15 is 0 Å². The van der Waals surface area contributed by atoms with E-state index in [-0.39, 0.29) is 17.4 Å². The Kier molecular flexibility index (Phi) is 7.26. The molecule has 2 amide bonds. The summed E-state index contributed by atoms with van der Waals surface area (Å²) in [6, 6.07) is 11.0. The number of ether oxygens (including phenoxy) is 2. The van der Waals surface area contributed by atoms with Crippen LogP contribution >= 0.6 is 0 Å². The summed E-state index contributed by atoms with van der Waals surface area (Å²) in [6.07, 6.45) is 4.48. The first-order valence-electron chi connectivity index (χ1n) is 12.7. The monoisotopic (exact) mass is 516 g/mol. The van der Waals surface area contributed by atoms with Crippen molar-refractivity contribution in [2.24, 2.45) is 0 Å². The number of anilines is 3. The minimum absolute atomic E-state index is 0.119. The molecule has 2 aromatic heterocycles. The highest BCUT2D eigenvalue weighted by molar-refractivity contribution is 6.05. The van der Waals surface area contributed by atoms with Crippen LogP contribution in [0.3, 0.4) is 0 Å². The molecule has 0 atom stereocenters. The molecule has 0 radical (unpaired) electrons. The predicted molar refractivity (Wildman–Crippen MR) is 144 cm³/mol. The highest BCUT2D eigenvalue weighted by Gasteiger charge is 2.43. The third-order valence-electron chi connectivity index (χ3n) is 7.20. The SMILES string of the molecule is COCCNc1ccc(C(=O)Nc2cc(C(=O)N3CCC4(CC3)OCc3cc(N)ccc34)cnc2C)cn1. The van der Waals surface area contributed by atoms with E-state index < -0.39 is 0 Å². The Bertz CT molecular complexity index is 1340. The first-order valence-corrected chi connectivity index (χ1v) is 12.7. The molecule has 38 heavy (non-hydrogen) atoms. The Labute approximate surface area is 221 Å². The molecule has 0 bridgehead atoms. The van der Waals surface area contributed by atoms with Gasteiger partial charge in [0.2, 0.25) is 0 Å². The van der Waals surface area contributed by atoms with Crippen molar-refractivity contribution in [1.29, 1.82) is 0 Å². The summed E-state index contributed by atoms with van der Waals surface area (Å²) < 4.78 is 11.2. The molecule has 4 heterocycles. The maximum atomic E-state index is 13.3. The van der Waals surface area contributed by atoms with E-state index in [0.29, 0.717) is 74.0 Å². The predicted octanol–water partition coefficient (Wildman–Crippen LogP) is 3.34. The van der Waals surface area contributed by atoms with Gasteiger partial charge < -0.3 is 30.7 Å². The number of fused-ring (bicyclic) bond motifs is 2.